The number of carbonyl (C=O) groups excluding carboxylic acids is 1. The van der Waals surface area contributed by atoms with Gasteiger partial charge in [0.2, 0.25) is 5.91 Å². The second-order valence-corrected chi connectivity index (χ2v) is 9.06. The van der Waals surface area contributed by atoms with Crippen LogP contribution in [0.4, 0.5) is 11.4 Å². The summed E-state index contributed by atoms with van der Waals surface area (Å²) in [6.07, 6.45) is 0.413. The maximum atomic E-state index is 12.4. The second kappa shape index (κ2) is 7.91. The number of sulfone groups is 1. The molecule has 1 amide bonds. The van der Waals surface area contributed by atoms with Crippen molar-refractivity contribution in [2.45, 2.75) is 19.3 Å². The summed E-state index contributed by atoms with van der Waals surface area (Å²) in [4.78, 5) is 14.4. The quantitative estimate of drug-likeness (QED) is 0.876. The Labute approximate surface area is 154 Å². The van der Waals surface area contributed by atoms with Crippen molar-refractivity contribution in [1.29, 1.82) is 0 Å². The molecule has 1 N–H and O–H groups in total. The number of benzene rings is 2. The van der Waals surface area contributed by atoms with Crippen molar-refractivity contribution >= 4 is 27.1 Å². The lowest BCUT2D eigenvalue weighted by molar-refractivity contribution is -0.116. The van der Waals surface area contributed by atoms with Crippen LogP contribution in [-0.2, 0) is 14.6 Å². The van der Waals surface area contributed by atoms with Crippen LogP contribution in [0, 0.1) is 0 Å². The van der Waals surface area contributed by atoms with E-state index in [1.165, 1.54) is 0 Å². The topological polar surface area (TPSA) is 66.5 Å². The molecule has 1 aliphatic heterocycles. The highest BCUT2D eigenvalue weighted by molar-refractivity contribution is 7.91. The minimum Gasteiger partial charge on any atom is -0.369 e. The van der Waals surface area contributed by atoms with Crippen LogP contribution >= 0.6 is 0 Å². The highest BCUT2D eigenvalue weighted by Crippen LogP contribution is 2.23. The molecule has 0 radical (unpaired) electrons. The van der Waals surface area contributed by atoms with Crippen LogP contribution < -0.4 is 10.2 Å². The van der Waals surface area contributed by atoms with Crippen molar-refractivity contribution < 1.29 is 13.2 Å². The van der Waals surface area contributed by atoms with E-state index in [1.54, 1.807) is 0 Å². The van der Waals surface area contributed by atoms with E-state index in [1.807, 2.05) is 66.4 Å². The van der Waals surface area contributed by atoms with Crippen LogP contribution in [0.2, 0.25) is 0 Å². The molecular weight excluding hydrogens is 348 g/mol. The zero-order chi connectivity index (χ0) is 18.6. The molecule has 5 nitrogen and oxygen atoms in total. The minimum atomic E-state index is -2.90. The molecule has 6 heteroatoms. The molecular formula is C20H24N2O3S. The summed E-state index contributed by atoms with van der Waals surface area (Å²) in [5.74, 6) is 0.475. The third kappa shape index (κ3) is 4.85. The lowest BCUT2D eigenvalue weighted by atomic mass is 9.97. The highest BCUT2D eigenvalue weighted by atomic mass is 32.2. The number of hydrogen-bond acceptors (Lipinski definition) is 4. The van der Waals surface area contributed by atoms with E-state index in [-0.39, 0.29) is 23.3 Å². The lowest BCUT2D eigenvalue weighted by Gasteiger charge is -2.29. The molecule has 2 aromatic rings. The summed E-state index contributed by atoms with van der Waals surface area (Å²) in [6, 6.07) is 17.6. The molecule has 1 heterocycles. The molecule has 0 aliphatic carbocycles. The monoisotopic (exact) mass is 372 g/mol. The van der Waals surface area contributed by atoms with Crippen LogP contribution in [0.5, 0.6) is 0 Å². The van der Waals surface area contributed by atoms with Crippen LogP contribution in [0.25, 0.3) is 0 Å². The van der Waals surface area contributed by atoms with E-state index in [4.69, 9.17) is 0 Å². The molecule has 26 heavy (non-hydrogen) atoms. The first-order valence-corrected chi connectivity index (χ1v) is 10.7. The molecule has 0 spiro atoms. The van der Waals surface area contributed by atoms with Gasteiger partial charge < -0.3 is 10.2 Å². The number of nitrogens with one attached hydrogen (secondary N) is 1. The third-order valence-corrected chi connectivity index (χ3v) is 6.31. The Bertz CT molecular complexity index is 852. The second-order valence-electron chi connectivity index (χ2n) is 6.75. The summed E-state index contributed by atoms with van der Waals surface area (Å²) >= 11 is 0. The van der Waals surface area contributed by atoms with Gasteiger partial charge in [0.1, 0.15) is 0 Å². The van der Waals surface area contributed by atoms with Crippen molar-refractivity contribution in [2.24, 2.45) is 0 Å². The summed E-state index contributed by atoms with van der Waals surface area (Å²) in [6.45, 7) is 3.02. The molecule has 1 fully saturated rings. The largest absolute Gasteiger partial charge is 0.369 e. The predicted molar refractivity (Wildman–Crippen MR) is 105 cm³/mol. The fraction of sp³-hybridized carbons (Fsp3) is 0.350. The Morgan fingerprint density at radius 1 is 1.08 bits per heavy atom. The van der Waals surface area contributed by atoms with Crippen LogP contribution in [0.1, 0.15) is 24.8 Å². The van der Waals surface area contributed by atoms with Crippen molar-refractivity contribution in [1.82, 2.24) is 0 Å². The average molecular weight is 372 g/mol. The molecule has 3 rings (SSSR count). The van der Waals surface area contributed by atoms with Gasteiger partial charge in [-0.15, -0.1) is 0 Å². The zero-order valence-electron chi connectivity index (χ0n) is 14.9. The van der Waals surface area contributed by atoms with Gasteiger partial charge in [0.25, 0.3) is 0 Å². The van der Waals surface area contributed by atoms with E-state index in [2.05, 4.69) is 5.32 Å². The lowest BCUT2D eigenvalue weighted by Crippen LogP contribution is -2.40. The maximum Gasteiger partial charge on any atom is 0.224 e. The molecule has 1 unspecified atom stereocenters. The predicted octanol–water partition coefficient (Wildman–Crippen LogP) is 3.05. The van der Waals surface area contributed by atoms with E-state index >= 15 is 0 Å². The Hall–Kier alpha value is -2.34. The van der Waals surface area contributed by atoms with Crippen LogP contribution in [0.15, 0.2) is 54.6 Å². The molecule has 2 aromatic carbocycles. The van der Waals surface area contributed by atoms with Crippen molar-refractivity contribution in [3.63, 3.8) is 0 Å². The molecule has 138 valence electrons. The van der Waals surface area contributed by atoms with Gasteiger partial charge in [-0.05, 0) is 29.7 Å². The number of anilines is 2. The normalized spacial score (nSPS) is 17.5. The number of rotatable bonds is 5. The average Bonchev–Trinajstić information content (AvgIpc) is 2.62. The number of hydrogen-bond donors (Lipinski definition) is 1. The Morgan fingerprint density at radius 3 is 2.46 bits per heavy atom. The molecule has 1 saturated heterocycles. The van der Waals surface area contributed by atoms with Gasteiger partial charge in [0.15, 0.2) is 9.84 Å². The smallest absolute Gasteiger partial charge is 0.224 e. The summed E-state index contributed by atoms with van der Waals surface area (Å²) in [5.41, 5.74) is 2.82. The zero-order valence-corrected chi connectivity index (χ0v) is 15.7. The van der Waals surface area contributed by atoms with E-state index in [0.717, 1.165) is 16.9 Å². The van der Waals surface area contributed by atoms with Gasteiger partial charge in [-0.25, -0.2) is 8.42 Å². The Morgan fingerprint density at radius 2 is 1.77 bits per heavy atom. The molecule has 0 bridgehead atoms. The number of nitrogens with zero attached hydrogens (tertiary/aromatic N) is 1. The van der Waals surface area contributed by atoms with Gasteiger partial charge in [-0.3, -0.25) is 4.79 Å². The molecule has 1 atom stereocenters. The molecule has 1 aliphatic rings. The number of carbonyl (C=O) groups is 1. The van der Waals surface area contributed by atoms with Gasteiger partial charge in [0.05, 0.1) is 11.5 Å². The standard InChI is InChI=1S/C20H24N2O3S/c1-16(17-6-3-2-4-7-17)14-20(23)21-18-8-5-9-19(15-18)22-10-12-26(24,25)13-11-22/h2-9,15-16H,10-14H2,1H3,(H,21,23). The van der Waals surface area contributed by atoms with Crippen LogP contribution in [0.3, 0.4) is 0 Å². The third-order valence-electron chi connectivity index (χ3n) is 4.70. The maximum absolute atomic E-state index is 12.4. The molecule has 0 saturated carbocycles. The highest BCUT2D eigenvalue weighted by Gasteiger charge is 2.22. The summed E-state index contributed by atoms with van der Waals surface area (Å²) in [7, 11) is -2.90. The fourth-order valence-electron chi connectivity index (χ4n) is 3.14. The van der Waals surface area contributed by atoms with E-state index < -0.39 is 9.84 Å². The van der Waals surface area contributed by atoms with Gasteiger partial charge in [-0.2, -0.15) is 0 Å². The first kappa shape index (κ1) is 18.5. The van der Waals surface area contributed by atoms with E-state index in [9.17, 15) is 13.2 Å². The summed E-state index contributed by atoms with van der Waals surface area (Å²) < 4.78 is 23.2. The Kier molecular flexibility index (Phi) is 5.61. The SMILES string of the molecule is CC(CC(=O)Nc1cccc(N2CCS(=O)(=O)CC2)c1)c1ccccc1. The van der Waals surface area contributed by atoms with Crippen molar-refractivity contribution in [2.75, 3.05) is 34.8 Å². The first-order chi connectivity index (χ1) is 12.4. The Balaban J connectivity index is 1.61. The summed E-state index contributed by atoms with van der Waals surface area (Å²) in [5, 5.41) is 2.95. The number of amides is 1. The van der Waals surface area contributed by atoms with Gasteiger partial charge in [0, 0.05) is 30.9 Å². The fourth-order valence-corrected chi connectivity index (χ4v) is 4.34. The van der Waals surface area contributed by atoms with Gasteiger partial charge in [-0.1, -0.05) is 43.3 Å². The first-order valence-electron chi connectivity index (χ1n) is 8.83. The van der Waals surface area contributed by atoms with Crippen molar-refractivity contribution in [3.05, 3.63) is 60.2 Å². The van der Waals surface area contributed by atoms with Gasteiger partial charge >= 0.3 is 0 Å². The van der Waals surface area contributed by atoms with E-state index in [0.29, 0.717) is 19.5 Å². The molecule has 0 aromatic heterocycles. The van der Waals surface area contributed by atoms with Crippen molar-refractivity contribution in [3.8, 4) is 0 Å². The minimum absolute atomic E-state index is 0.0280. The van der Waals surface area contributed by atoms with Crippen LogP contribution in [-0.4, -0.2) is 38.9 Å².